The maximum Gasteiger partial charge on any atom is 0.140 e. The van der Waals surface area contributed by atoms with Gasteiger partial charge in [0.15, 0.2) is 0 Å². The summed E-state index contributed by atoms with van der Waals surface area (Å²) in [6.07, 6.45) is 0. The molecule has 0 amide bonds. The maximum atomic E-state index is 13.1. The average molecular weight is 219 g/mol. The Kier molecular flexibility index (Phi) is 3.18. The van der Waals surface area contributed by atoms with E-state index in [1.807, 2.05) is 13.1 Å². The van der Waals surface area contributed by atoms with Crippen molar-refractivity contribution < 1.29 is 4.39 Å². The molecule has 16 heavy (non-hydrogen) atoms. The van der Waals surface area contributed by atoms with E-state index in [2.05, 4.69) is 10.2 Å². The lowest BCUT2D eigenvalue weighted by molar-refractivity contribution is 0.173. The molecule has 1 fully saturated rings. The molecule has 0 atom stereocenters. The highest BCUT2D eigenvalue weighted by Crippen LogP contribution is 2.13. The Morgan fingerprint density at radius 1 is 1.56 bits per heavy atom. The molecule has 1 aromatic carbocycles. The maximum absolute atomic E-state index is 13.1. The topological polar surface area (TPSA) is 39.1 Å². The standard InChI is InChI=1S/C12H14FN3/c1-16(11-6-15-7-11)8-9-2-3-12(13)10(4-9)5-14/h2-4,11,15H,6-8H2,1H3. The van der Waals surface area contributed by atoms with Crippen LogP contribution in [0.4, 0.5) is 4.39 Å². The molecule has 0 aliphatic carbocycles. The predicted molar refractivity (Wildman–Crippen MR) is 59.2 cm³/mol. The summed E-state index contributed by atoms with van der Waals surface area (Å²) in [6.45, 7) is 2.76. The van der Waals surface area contributed by atoms with Gasteiger partial charge in [0.2, 0.25) is 0 Å². The Bertz CT molecular complexity index is 421. The SMILES string of the molecule is CN(Cc1ccc(F)c(C#N)c1)C1CNC1. The smallest absolute Gasteiger partial charge is 0.140 e. The molecule has 84 valence electrons. The van der Waals surface area contributed by atoms with Gasteiger partial charge in [0.05, 0.1) is 5.56 Å². The Morgan fingerprint density at radius 2 is 2.31 bits per heavy atom. The van der Waals surface area contributed by atoms with Gasteiger partial charge in [-0.1, -0.05) is 6.07 Å². The Morgan fingerprint density at radius 3 is 2.88 bits per heavy atom. The average Bonchev–Trinajstić information content (AvgIpc) is 2.18. The lowest BCUT2D eigenvalue weighted by atomic mass is 10.1. The van der Waals surface area contributed by atoms with E-state index in [1.54, 1.807) is 12.1 Å². The highest BCUT2D eigenvalue weighted by molar-refractivity contribution is 5.34. The summed E-state index contributed by atoms with van der Waals surface area (Å²) in [5.41, 5.74) is 1.10. The van der Waals surface area contributed by atoms with E-state index in [-0.39, 0.29) is 5.56 Å². The zero-order valence-corrected chi connectivity index (χ0v) is 9.20. The van der Waals surface area contributed by atoms with Crippen molar-refractivity contribution in [3.63, 3.8) is 0 Å². The molecule has 1 saturated heterocycles. The van der Waals surface area contributed by atoms with Crippen LogP contribution in [0.5, 0.6) is 0 Å². The van der Waals surface area contributed by atoms with Crippen molar-refractivity contribution in [3.8, 4) is 6.07 Å². The molecule has 4 heteroatoms. The third kappa shape index (κ3) is 2.21. The van der Waals surface area contributed by atoms with Gasteiger partial charge in [-0.25, -0.2) is 4.39 Å². The van der Waals surface area contributed by atoms with Crippen molar-refractivity contribution >= 4 is 0 Å². The molecule has 1 aliphatic heterocycles. The van der Waals surface area contributed by atoms with Gasteiger partial charge >= 0.3 is 0 Å². The van der Waals surface area contributed by atoms with Crippen LogP contribution >= 0.6 is 0 Å². The van der Waals surface area contributed by atoms with Crippen molar-refractivity contribution in [1.29, 1.82) is 5.26 Å². The van der Waals surface area contributed by atoms with Gasteiger partial charge < -0.3 is 5.32 Å². The van der Waals surface area contributed by atoms with Crippen LogP contribution in [0.2, 0.25) is 0 Å². The molecule has 0 saturated carbocycles. The highest BCUT2D eigenvalue weighted by atomic mass is 19.1. The van der Waals surface area contributed by atoms with Crippen LogP contribution in [-0.2, 0) is 6.54 Å². The number of likely N-dealkylation sites (N-methyl/N-ethyl adjacent to an activating group) is 1. The third-order valence-corrected chi connectivity index (χ3v) is 2.97. The second-order valence-corrected chi connectivity index (χ2v) is 4.15. The van der Waals surface area contributed by atoms with Gasteiger partial charge in [0.25, 0.3) is 0 Å². The number of nitrogens with one attached hydrogen (secondary N) is 1. The van der Waals surface area contributed by atoms with Crippen molar-refractivity contribution in [2.75, 3.05) is 20.1 Å². The summed E-state index contributed by atoms with van der Waals surface area (Å²) in [5, 5.41) is 11.9. The Balaban J connectivity index is 2.06. The summed E-state index contributed by atoms with van der Waals surface area (Å²) < 4.78 is 13.1. The van der Waals surface area contributed by atoms with Crippen LogP contribution in [0, 0.1) is 17.1 Å². The molecule has 3 nitrogen and oxygen atoms in total. The second-order valence-electron chi connectivity index (χ2n) is 4.15. The quantitative estimate of drug-likeness (QED) is 0.827. The molecular formula is C12H14FN3. The fourth-order valence-electron chi connectivity index (χ4n) is 1.76. The normalized spacial score (nSPS) is 15.9. The molecule has 0 bridgehead atoms. The first-order valence-corrected chi connectivity index (χ1v) is 5.30. The molecule has 0 spiro atoms. The first kappa shape index (κ1) is 11.1. The summed E-state index contributed by atoms with van der Waals surface area (Å²) in [7, 11) is 2.04. The number of halogens is 1. The van der Waals surface area contributed by atoms with Crippen LogP contribution in [-0.4, -0.2) is 31.1 Å². The number of benzene rings is 1. The van der Waals surface area contributed by atoms with Crippen LogP contribution in [0.1, 0.15) is 11.1 Å². The summed E-state index contributed by atoms with van der Waals surface area (Å²) in [6, 6.07) is 7.13. The van der Waals surface area contributed by atoms with Crippen LogP contribution in [0.3, 0.4) is 0 Å². The van der Waals surface area contributed by atoms with Crippen LogP contribution in [0.15, 0.2) is 18.2 Å². The van der Waals surface area contributed by atoms with Gasteiger partial charge in [-0.2, -0.15) is 5.26 Å². The zero-order chi connectivity index (χ0) is 11.5. The van der Waals surface area contributed by atoms with Gasteiger partial charge in [0, 0.05) is 25.7 Å². The Labute approximate surface area is 94.5 Å². The fraction of sp³-hybridized carbons (Fsp3) is 0.417. The minimum atomic E-state index is -0.445. The largest absolute Gasteiger partial charge is 0.314 e. The van der Waals surface area contributed by atoms with E-state index in [9.17, 15) is 4.39 Å². The van der Waals surface area contributed by atoms with Gasteiger partial charge in [0.1, 0.15) is 11.9 Å². The third-order valence-electron chi connectivity index (χ3n) is 2.97. The highest BCUT2D eigenvalue weighted by Gasteiger charge is 2.21. The fourth-order valence-corrected chi connectivity index (χ4v) is 1.76. The lowest BCUT2D eigenvalue weighted by Crippen LogP contribution is -2.55. The summed E-state index contributed by atoms with van der Waals surface area (Å²) >= 11 is 0. The summed E-state index contributed by atoms with van der Waals surface area (Å²) in [4.78, 5) is 2.21. The Hall–Kier alpha value is -1.44. The van der Waals surface area contributed by atoms with Crippen molar-refractivity contribution in [2.24, 2.45) is 0 Å². The van der Waals surface area contributed by atoms with Crippen molar-refractivity contribution in [2.45, 2.75) is 12.6 Å². The van der Waals surface area contributed by atoms with Gasteiger partial charge in [-0.05, 0) is 24.7 Å². The zero-order valence-electron chi connectivity index (χ0n) is 9.20. The molecule has 1 aromatic rings. The molecule has 1 N–H and O–H groups in total. The first-order chi connectivity index (χ1) is 7.70. The van der Waals surface area contributed by atoms with Crippen molar-refractivity contribution in [1.82, 2.24) is 10.2 Å². The monoisotopic (exact) mass is 219 g/mol. The second kappa shape index (κ2) is 4.60. The van der Waals surface area contributed by atoms with E-state index in [1.165, 1.54) is 6.07 Å². The van der Waals surface area contributed by atoms with Crippen molar-refractivity contribution in [3.05, 3.63) is 35.1 Å². The number of nitriles is 1. The molecule has 0 radical (unpaired) electrons. The van der Waals surface area contributed by atoms with Gasteiger partial charge in [-0.15, -0.1) is 0 Å². The molecule has 0 aromatic heterocycles. The number of nitrogens with zero attached hydrogens (tertiary/aromatic N) is 2. The minimum Gasteiger partial charge on any atom is -0.314 e. The molecular weight excluding hydrogens is 205 g/mol. The van der Waals surface area contributed by atoms with E-state index in [0.29, 0.717) is 6.04 Å². The van der Waals surface area contributed by atoms with Crippen LogP contribution < -0.4 is 5.32 Å². The molecule has 1 heterocycles. The predicted octanol–water partition coefficient (Wildman–Crippen LogP) is 1.10. The minimum absolute atomic E-state index is 0.123. The molecule has 0 unspecified atom stereocenters. The van der Waals surface area contributed by atoms with Gasteiger partial charge in [-0.3, -0.25) is 4.90 Å². The number of rotatable bonds is 3. The summed E-state index contributed by atoms with van der Waals surface area (Å²) in [5.74, 6) is -0.445. The van der Waals surface area contributed by atoms with Crippen LogP contribution in [0.25, 0.3) is 0 Å². The molecule has 2 rings (SSSR count). The van der Waals surface area contributed by atoms with E-state index < -0.39 is 5.82 Å². The van der Waals surface area contributed by atoms with E-state index in [0.717, 1.165) is 25.2 Å². The first-order valence-electron chi connectivity index (χ1n) is 5.30. The number of hydrogen-bond donors (Lipinski definition) is 1. The lowest BCUT2D eigenvalue weighted by Gasteiger charge is -2.35. The number of hydrogen-bond acceptors (Lipinski definition) is 3. The molecule has 1 aliphatic rings. The van der Waals surface area contributed by atoms with E-state index in [4.69, 9.17) is 5.26 Å². The van der Waals surface area contributed by atoms with E-state index >= 15 is 0 Å².